The van der Waals surface area contributed by atoms with Crippen molar-refractivity contribution in [2.75, 3.05) is 39.8 Å². The number of nitrogens with one attached hydrogen (secondary N) is 1. The van der Waals surface area contributed by atoms with Crippen LogP contribution in [0.4, 0.5) is 0 Å². The summed E-state index contributed by atoms with van der Waals surface area (Å²) >= 11 is 0. The lowest BCUT2D eigenvalue weighted by Crippen LogP contribution is -2.50. The van der Waals surface area contributed by atoms with Gasteiger partial charge in [0.15, 0.2) is 0 Å². The van der Waals surface area contributed by atoms with Crippen LogP contribution in [0.2, 0.25) is 0 Å². The van der Waals surface area contributed by atoms with Crippen LogP contribution in [-0.4, -0.2) is 61.5 Å². The maximum Gasteiger partial charge on any atom is 0.236 e. The molecule has 0 aromatic rings. The first kappa shape index (κ1) is 12.5. The maximum absolute atomic E-state index is 11.8. The summed E-state index contributed by atoms with van der Waals surface area (Å²) in [6.07, 6.45) is 1.07. The molecule has 1 heterocycles. The minimum atomic E-state index is 0.239. The van der Waals surface area contributed by atoms with Crippen LogP contribution >= 0.6 is 0 Å². The van der Waals surface area contributed by atoms with Crippen molar-refractivity contribution >= 4 is 5.91 Å². The first-order valence-corrected chi connectivity index (χ1v) is 5.83. The molecule has 0 spiro atoms. The van der Waals surface area contributed by atoms with Gasteiger partial charge in [-0.1, -0.05) is 6.92 Å². The number of hydrogen-bond donors (Lipinski definition) is 1. The van der Waals surface area contributed by atoms with E-state index in [1.54, 1.807) is 0 Å². The third kappa shape index (κ3) is 4.18. The van der Waals surface area contributed by atoms with E-state index in [1.165, 1.54) is 0 Å². The predicted molar refractivity (Wildman–Crippen MR) is 61.8 cm³/mol. The fourth-order valence-electron chi connectivity index (χ4n) is 1.57. The molecule has 1 atom stereocenters. The molecular formula is C11H23N3O. The second-order valence-electron chi connectivity index (χ2n) is 4.37. The molecular weight excluding hydrogens is 190 g/mol. The van der Waals surface area contributed by atoms with E-state index in [0.29, 0.717) is 12.6 Å². The van der Waals surface area contributed by atoms with Gasteiger partial charge in [0.25, 0.3) is 0 Å². The number of carbonyl (C=O) groups excluding carboxylic acids is 1. The van der Waals surface area contributed by atoms with Crippen LogP contribution in [0.1, 0.15) is 20.3 Å². The van der Waals surface area contributed by atoms with Gasteiger partial charge in [-0.05, 0) is 20.4 Å². The predicted octanol–water partition coefficient (Wildman–Crippen LogP) is 0.149. The van der Waals surface area contributed by atoms with Crippen molar-refractivity contribution in [3.63, 3.8) is 0 Å². The summed E-state index contributed by atoms with van der Waals surface area (Å²) in [6, 6.07) is 0.432. The van der Waals surface area contributed by atoms with Gasteiger partial charge in [-0.25, -0.2) is 0 Å². The molecule has 1 aliphatic heterocycles. The molecule has 1 rings (SSSR count). The number of piperazine rings is 1. The SMILES string of the molecule is CCC(C)NCC(=O)N1CCN(C)CC1. The molecule has 0 aromatic heterocycles. The Hall–Kier alpha value is -0.610. The lowest BCUT2D eigenvalue weighted by molar-refractivity contribution is -0.131. The Bertz CT molecular complexity index is 200. The maximum atomic E-state index is 11.8. The summed E-state index contributed by atoms with van der Waals surface area (Å²) in [7, 11) is 2.10. The Labute approximate surface area is 92.6 Å². The van der Waals surface area contributed by atoms with E-state index in [1.807, 2.05) is 4.90 Å². The average molecular weight is 213 g/mol. The second-order valence-corrected chi connectivity index (χ2v) is 4.37. The summed E-state index contributed by atoms with van der Waals surface area (Å²) in [5, 5.41) is 3.24. The van der Waals surface area contributed by atoms with E-state index in [4.69, 9.17) is 0 Å². The first-order chi connectivity index (χ1) is 7.13. The Morgan fingerprint density at radius 2 is 1.93 bits per heavy atom. The standard InChI is InChI=1S/C11H23N3O/c1-4-10(2)12-9-11(15)14-7-5-13(3)6-8-14/h10,12H,4-9H2,1-3H3. The highest BCUT2D eigenvalue weighted by atomic mass is 16.2. The smallest absolute Gasteiger partial charge is 0.236 e. The molecule has 1 unspecified atom stereocenters. The second kappa shape index (κ2) is 6.08. The van der Waals surface area contributed by atoms with Crippen LogP contribution in [0, 0.1) is 0 Å². The molecule has 4 heteroatoms. The largest absolute Gasteiger partial charge is 0.339 e. The van der Waals surface area contributed by atoms with Gasteiger partial charge in [0.05, 0.1) is 6.54 Å². The van der Waals surface area contributed by atoms with Gasteiger partial charge in [-0.3, -0.25) is 4.79 Å². The lowest BCUT2D eigenvalue weighted by Gasteiger charge is -2.32. The first-order valence-electron chi connectivity index (χ1n) is 5.83. The third-order valence-corrected chi connectivity index (χ3v) is 3.07. The van der Waals surface area contributed by atoms with E-state index in [-0.39, 0.29) is 5.91 Å². The number of amides is 1. The van der Waals surface area contributed by atoms with Gasteiger partial charge in [-0.15, -0.1) is 0 Å². The molecule has 0 radical (unpaired) electrons. The van der Waals surface area contributed by atoms with Crippen LogP contribution < -0.4 is 5.32 Å². The lowest BCUT2D eigenvalue weighted by atomic mass is 10.2. The van der Waals surface area contributed by atoms with E-state index < -0.39 is 0 Å². The molecule has 1 saturated heterocycles. The van der Waals surface area contributed by atoms with Crippen LogP contribution in [0.25, 0.3) is 0 Å². The Balaban J connectivity index is 2.22. The monoisotopic (exact) mass is 213 g/mol. The molecule has 1 amide bonds. The molecule has 1 fully saturated rings. The van der Waals surface area contributed by atoms with Crippen molar-refractivity contribution in [3.05, 3.63) is 0 Å². The van der Waals surface area contributed by atoms with Crippen LogP contribution in [0.3, 0.4) is 0 Å². The van der Waals surface area contributed by atoms with Crippen LogP contribution in [0.5, 0.6) is 0 Å². The molecule has 0 aromatic carbocycles. The number of carbonyl (C=O) groups is 1. The highest BCUT2D eigenvalue weighted by Crippen LogP contribution is 1.99. The summed E-state index contributed by atoms with van der Waals surface area (Å²) in [5.41, 5.74) is 0. The minimum absolute atomic E-state index is 0.239. The van der Waals surface area contributed by atoms with E-state index in [2.05, 4.69) is 31.1 Å². The van der Waals surface area contributed by atoms with Gasteiger partial charge in [0.2, 0.25) is 5.91 Å². The minimum Gasteiger partial charge on any atom is -0.339 e. The van der Waals surface area contributed by atoms with E-state index >= 15 is 0 Å². The van der Waals surface area contributed by atoms with Crippen molar-refractivity contribution in [2.24, 2.45) is 0 Å². The fourth-order valence-corrected chi connectivity index (χ4v) is 1.57. The number of nitrogens with zero attached hydrogens (tertiary/aromatic N) is 2. The molecule has 0 aliphatic carbocycles. The van der Waals surface area contributed by atoms with Gasteiger partial charge in [-0.2, -0.15) is 0 Å². The van der Waals surface area contributed by atoms with Crippen molar-refractivity contribution < 1.29 is 4.79 Å². The zero-order valence-electron chi connectivity index (χ0n) is 10.1. The van der Waals surface area contributed by atoms with E-state index in [9.17, 15) is 4.79 Å². The Morgan fingerprint density at radius 1 is 1.33 bits per heavy atom. The van der Waals surface area contributed by atoms with E-state index in [0.717, 1.165) is 32.6 Å². The van der Waals surface area contributed by atoms with Crippen molar-refractivity contribution in [3.8, 4) is 0 Å². The average Bonchev–Trinajstić information content (AvgIpc) is 2.26. The number of rotatable bonds is 4. The molecule has 15 heavy (non-hydrogen) atoms. The molecule has 4 nitrogen and oxygen atoms in total. The Kier molecular flexibility index (Phi) is 5.05. The summed E-state index contributed by atoms with van der Waals surface area (Å²) in [5.74, 6) is 0.239. The van der Waals surface area contributed by atoms with Crippen molar-refractivity contribution in [1.29, 1.82) is 0 Å². The zero-order valence-corrected chi connectivity index (χ0v) is 10.1. The van der Waals surface area contributed by atoms with Gasteiger partial charge >= 0.3 is 0 Å². The molecule has 0 saturated carbocycles. The molecule has 88 valence electrons. The van der Waals surface area contributed by atoms with Gasteiger partial charge in [0.1, 0.15) is 0 Å². The highest BCUT2D eigenvalue weighted by Gasteiger charge is 2.18. The normalized spacial score (nSPS) is 20.3. The molecule has 1 aliphatic rings. The summed E-state index contributed by atoms with van der Waals surface area (Å²) in [4.78, 5) is 16.0. The topological polar surface area (TPSA) is 35.6 Å². The summed E-state index contributed by atoms with van der Waals surface area (Å²) in [6.45, 7) is 8.45. The van der Waals surface area contributed by atoms with Crippen LogP contribution in [-0.2, 0) is 4.79 Å². The van der Waals surface area contributed by atoms with Crippen molar-refractivity contribution in [2.45, 2.75) is 26.3 Å². The van der Waals surface area contributed by atoms with Gasteiger partial charge < -0.3 is 15.1 Å². The van der Waals surface area contributed by atoms with Crippen molar-refractivity contribution in [1.82, 2.24) is 15.1 Å². The molecule has 0 bridgehead atoms. The number of likely N-dealkylation sites (N-methyl/N-ethyl adjacent to an activating group) is 1. The zero-order chi connectivity index (χ0) is 11.3. The van der Waals surface area contributed by atoms with Crippen LogP contribution in [0.15, 0.2) is 0 Å². The molecule has 1 N–H and O–H groups in total. The highest BCUT2D eigenvalue weighted by molar-refractivity contribution is 5.78. The summed E-state index contributed by atoms with van der Waals surface area (Å²) < 4.78 is 0. The Morgan fingerprint density at radius 3 is 2.47 bits per heavy atom. The van der Waals surface area contributed by atoms with Gasteiger partial charge in [0, 0.05) is 32.2 Å². The fraction of sp³-hybridized carbons (Fsp3) is 0.909. The third-order valence-electron chi connectivity index (χ3n) is 3.07. The quantitative estimate of drug-likeness (QED) is 0.722. The number of hydrogen-bond acceptors (Lipinski definition) is 3.